The van der Waals surface area contributed by atoms with Gasteiger partial charge in [0.25, 0.3) is 0 Å². The summed E-state index contributed by atoms with van der Waals surface area (Å²) >= 11 is 0. The van der Waals surface area contributed by atoms with Crippen LogP contribution in [0.5, 0.6) is 5.88 Å². The molecule has 0 fully saturated rings. The zero-order valence-electron chi connectivity index (χ0n) is 17.3. The molecule has 1 amide bonds. The van der Waals surface area contributed by atoms with Crippen molar-refractivity contribution >= 4 is 22.6 Å². The van der Waals surface area contributed by atoms with E-state index in [-0.39, 0.29) is 5.43 Å². The van der Waals surface area contributed by atoms with Gasteiger partial charge in [0.2, 0.25) is 11.8 Å². The highest BCUT2D eigenvalue weighted by Crippen LogP contribution is 2.47. The van der Waals surface area contributed by atoms with Crippen molar-refractivity contribution in [1.29, 1.82) is 0 Å². The first-order valence-electron chi connectivity index (χ1n) is 9.76. The highest BCUT2D eigenvalue weighted by molar-refractivity contribution is 5.99. The molecule has 0 saturated heterocycles. The first kappa shape index (κ1) is 19.7. The Morgan fingerprint density at radius 3 is 2.77 bits per heavy atom. The van der Waals surface area contributed by atoms with Gasteiger partial charge in [-0.05, 0) is 39.3 Å². The third-order valence-corrected chi connectivity index (χ3v) is 5.33. The first-order chi connectivity index (χ1) is 14.3. The number of amides is 1. The topological polar surface area (TPSA) is 107 Å². The SMILES string of the molecule is CCOc1ncc(C)c2c1C(c1cccc3c(=O)cc(C)oc13)C(C(N)=O)=C(C)N2. The van der Waals surface area contributed by atoms with Crippen molar-refractivity contribution < 1.29 is 13.9 Å². The molecule has 1 aliphatic rings. The molecule has 2 aromatic heterocycles. The van der Waals surface area contributed by atoms with Gasteiger partial charge in [-0.1, -0.05) is 12.1 Å². The maximum atomic E-state index is 12.6. The molecule has 1 unspecified atom stereocenters. The number of ether oxygens (including phenoxy) is 1. The molecular weight excluding hydrogens is 382 g/mol. The number of nitrogens with one attached hydrogen (secondary N) is 1. The summed E-state index contributed by atoms with van der Waals surface area (Å²) in [5, 5.41) is 3.74. The van der Waals surface area contributed by atoms with Crippen LogP contribution in [0.15, 0.2) is 50.9 Å². The molecule has 0 saturated carbocycles. The minimum absolute atomic E-state index is 0.140. The highest BCUT2D eigenvalue weighted by atomic mass is 16.5. The van der Waals surface area contributed by atoms with Gasteiger partial charge in [-0.2, -0.15) is 0 Å². The predicted octanol–water partition coefficient (Wildman–Crippen LogP) is 3.52. The maximum absolute atomic E-state index is 12.6. The lowest BCUT2D eigenvalue weighted by Gasteiger charge is -2.32. The Bertz CT molecular complexity index is 1270. The number of carbonyl (C=O) groups is 1. The monoisotopic (exact) mass is 405 g/mol. The van der Waals surface area contributed by atoms with Crippen LogP contribution in [-0.4, -0.2) is 17.5 Å². The second-order valence-electron chi connectivity index (χ2n) is 7.37. The van der Waals surface area contributed by atoms with Crippen molar-refractivity contribution in [2.45, 2.75) is 33.6 Å². The molecular formula is C23H23N3O4. The molecule has 0 bridgehead atoms. The second-order valence-corrected chi connectivity index (χ2v) is 7.37. The average Bonchev–Trinajstić information content (AvgIpc) is 2.69. The second kappa shape index (κ2) is 7.33. The summed E-state index contributed by atoms with van der Waals surface area (Å²) in [6.07, 6.45) is 1.73. The maximum Gasteiger partial charge on any atom is 0.247 e. The fourth-order valence-corrected chi connectivity index (χ4v) is 4.09. The minimum atomic E-state index is -0.596. The van der Waals surface area contributed by atoms with Crippen LogP contribution in [0.3, 0.4) is 0 Å². The number of carbonyl (C=O) groups excluding carboxylic acids is 1. The van der Waals surface area contributed by atoms with Crippen LogP contribution in [0.4, 0.5) is 5.69 Å². The number of primary amides is 1. The molecule has 0 radical (unpaired) electrons. The molecule has 7 heteroatoms. The van der Waals surface area contributed by atoms with Crippen LogP contribution in [-0.2, 0) is 4.79 Å². The number of benzene rings is 1. The number of fused-ring (bicyclic) bond motifs is 2. The third-order valence-electron chi connectivity index (χ3n) is 5.33. The summed E-state index contributed by atoms with van der Waals surface area (Å²) in [5.74, 6) is -0.260. The summed E-state index contributed by atoms with van der Waals surface area (Å²) in [4.78, 5) is 29.6. The van der Waals surface area contributed by atoms with Crippen molar-refractivity contribution in [2.75, 3.05) is 11.9 Å². The van der Waals surface area contributed by atoms with Gasteiger partial charge in [-0.25, -0.2) is 4.98 Å². The lowest BCUT2D eigenvalue weighted by atomic mass is 9.79. The Balaban J connectivity index is 2.14. The van der Waals surface area contributed by atoms with Crippen molar-refractivity contribution in [3.05, 3.63) is 74.4 Å². The summed E-state index contributed by atoms with van der Waals surface area (Å²) in [7, 11) is 0. The van der Waals surface area contributed by atoms with Gasteiger partial charge in [-0.15, -0.1) is 0 Å². The number of anilines is 1. The fourth-order valence-electron chi connectivity index (χ4n) is 4.09. The molecule has 3 heterocycles. The van der Waals surface area contributed by atoms with Crippen LogP contribution in [0.25, 0.3) is 11.0 Å². The van der Waals surface area contributed by atoms with E-state index in [1.807, 2.05) is 26.8 Å². The van der Waals surface area contributed by atoms with Crippen LogP contribution in [0, 0.1) is 13.8 Å². The summed E-state index contributed by atoms with van der Waals surface area (Å²) < 4.78 is 11.8. The van der Waals surface area contributed by atoms with Gasteiger partial charge in [0.1, 0.15) is 11.3 Å². The van der Waals surface area contributed by atoms with Gasteiger partial charge in [0.05, 0.1) is 29.2 Å². The van der Waals surface area contributed by atoms with Gasteiger partial charge in [0.15, 0.2) is 5.43 Å². The number of hydrogen-bond donors (Lipinski definition) is 2. The number of allylic oxidation sites excluding steroid dienone is 1. The van der Waals surface area contributed by atoms with Gasteiger partial charge in [0, 0.05) is 29.1 Å². The number of nitrogens with zero attached hydrogens (tertiary/aromatic N) is 1. The molecule has 7 nitrogen and oxygen atoms in total. The van der Waals surface area contributed by atoms with E-state index in [0.717, 1.165) is 11.3 Å². The third kappa shape index (κ3) is 3.03. The number of aryl methyl sites for hydroxylation is 2. The van der Waals surface area contributed by atoms with Crippen LogP contribution in [0.2, 0.25) is 0 Å². The normalized spacial score (nSPS) is 15.7. The van der Waals surface area contributed by atoms with Gasteiger partial charge in [-0.3, -0.25) is 9.59 Å². The largest absolute Gasteiger partial charge is 0.478 e. The molecule has 154 valence electrons. The molecule has 30 heavy (non-hydrogen) atoms. The highest BCUT2D eigenvalue weighted by Gasteiger charge is 2.36. The number of para-hydroxylation sites is 1. The molecule has 0 aliphatic carbocycles. The van der Waals surface area contributed by atoms with Crippen molar-refractivity contribution in [2.24, 2.45) is 5.73 Å². The van der Waals surface area contributed by atoms with Crippen LogP contribution in [0.1, 0.15) is 42.2 Å². The average molecular weight is 405 g/mol. The zero-order valence-corrected chi connectivity index (χ0v) is 17.3. The standard InChI is InChI=1S/C23H23N3O4/c1-5-29-23-19-18(15-8-6-7-14-16(27)9-12(3)30-21(14)15)17(22(24)28)13(4)26-20(19)11(2)10-25-23/h6-10,18,26H,5H2,1-4H3,(H2,24,28). The first-order valence-corrected chi connectivity index (χ1v) is 9.76. The Kier molecular flexibility index (Phi) is 4.81. The number of nitrogens with two attached hydrogens (primary N) is 1. The van der Waals surface area contributed by atoms with E-state index < -0.39 is 11.8 Å². The van der Waals surface area contributed by atoms with E-state index in [1.165, 1.54) is 6.07 Å². The molecule has 1 aromatic carbocycles. The lowest BCUT2D eigenvalue weighted by Crippen LogP contribution is -2.28. The summed E-state index contributed by atoms with van der Waals surface area (Å²) in [6.45, 7) is 7.74. The summed E-state index contributed by atoms with van der Waals surface area (Å²) in [6, 6.07) is 6.79. The van der Waals surface area contributed by atoms with Crippen molar-refractivity contribution in [1.82, 2.24) is 4.98 Å². The molecule has 4 rings (SSSR count). The molecule has 3 N–H and O–H groups in total. The Hall–Kier alpha value is -3.61. The molecule has 1 atom stereocenters. The predicted molar refractivity (Wildman–Crippen MR) is 115 cm³/mol. The van der Waals surface area contributed by atoms with Crippen molar-refractivity contribution in [3.63, 3.8) is 0 Å². The van der Waals surface area contributed by atoms with E-state index >= 15 is 0 Å². The zero-order chi connectivity index (χ0) is 21.6. The Morgan fingerprint density at radius 1 is 1.30 bits per heavy atom. The van der Waals surface area contributed by atoms with E-state index in [2.05, 4.69) is 10.3 Å². The number of aromatic nitrogens is 1. The van der Waals surface area contributed by atoms with Gasteiger partial charge < -0.3 is 20.2 Å². The summed E-state index contributed by atoms with van der Waals surface area (Å²) in [5.41, 5.74) is 10.2. The quantitative estimate of drug-likeness (QED) is 0.688. The van der Waals surface area contributed by atoms with Crippen molar-refractivity contribution in [3.8, 4) is 5.88 Å². The smallest absolute Gasteiger partial charge is 0.247 e. The fraction of sp³-hybridized carbons (Fsp3) is 0.261. The Labute approximate surface area is 173 Å². The van der Waals surface area contributed by atoms with Crippen LogP contribution < -0.4 is 21.2 Å². The lowest BCUT2D eigenvalue weighted by molar-refractivity contribution is -0.114. The Morgan fingerprint density at radius 2 is 2.07 bits per heavy atom. The number of hydrogen-bond acceptors (Lipinski definition) is 6. The molecule has 3 aromatic rings. The minimum Gasteiger partial charge on any atom is -0.478 e. The van der Waals surface area contributed by atoms with E-state index in [0.29, 0.717) is 51.6 Å². The van der Waals surface area contributed by atoms with Gasteiger partial charge >= 0.3 is 0 Å². The molecule has 0 spiro atoms. The van der Waals surface area contributed by atoms with Crippen LogP contribution >= 0.6 is 0 Å². The van der Waals surface area contributed by atoms with E-state index in [1.54, 1.807) is 25.3 Å². The number of rotatable bonds is 4. The molecule has 1 aliphatic heterocycles. The number of pyridine rings is 1. The van der Waals surface area contributed by atoms with E-state index in [4.69, 9.17) is 14.9 Å². The van der Waals surface area contributed by atoms with E-state index in [9.17, 15) is 9.59 Å².